The molecule has 0 aliphatic carbocycles. The molecule has 2 aliphatic heterocycles. The number of ether oxygens (including phenoxy) is 2. The number of hydrogen-bond donors (Lipinski definition) is 1. The van der Waals surface area contributed by atoms with Gasteiger partial charge in [0.25, 0.3) is 0 Å². The van der Waals surface area contributed by atoms with Gasteiger partial charge < -0.3 is 25.0 Å². The summed E-state index contributed by atoms with van der Waals surface area (Å²) in [5.74, 6) is 0.421. The van der Waals surface area contributed by atoms with Crippen molar-refractivity contribution >= 4 is 12.2 Å². The molecular formula is C20H36N4O4. The van der Waals surface area contributed by atoms with E-state index < -0.39 is 11.2 Å². The van der Waals surface area contributed by atoms with Crippen molar-refractivity contribution in [3.8, 4) is 6.07 Å². The van der Waals surface area contributed by atoms with Crippen LogP contribution in [-0.4, -0.2) is 65.9 Å². The van der Waals surface area contributed by atoms with Crippen LogP contribution < -0.4 is 5.73 Å². The first-order chi connectivity index (χ1) is 12.8. The summed E-state index contributed by atoms with van der Waals surface area (Å²) >= 11 is 0. The molecule has 0 aromatic heterocycles. The summed E-state index contributed by atoms with van der Waals surface area (Å²) in [7, 11) is 0. The molecule has 2 atom stereocenters. The molecule has 0 aromatic rings. The minimum absolute atomic E-state index is 0.0254. The molecule has 2 fully saturated rings. The molecule has 8 heteroatoms. The standard InChI is InChI=1S/C10H20N2O2.C10H16N2O2/c2*1-10(2,3)14-9(13)12-5-4-8(6-11)7-12/h8H,4-7,11H2,1-3H3;8H,4-5,7H2,1-3H3. The topological polar surface area (TPSA) is 109 Å². The summed E-state index contributed by atoms with van der Waals surface area (Å²) in [4.78, 5) is 26.4. The Hall–Kier alpha value is -2.01. The number of hydrogen-bond acceptors (Lipinski definition) is 6. The Labute approximate surface area is 168 Å². The zero-order chi connectivity index (χ0) is 21.5. The molecule has 0 aromatic carbocycles. The predicted octanol–water partition coefficient (Wildman–Crippen LogP) is 2.97. The lowest BCUT2D eigenvalue weighted by Gasteiger charge is -2.24. The maximum absolute atomic E-state index is 11.6. The van der Waals surface area contributed by atoms with Crippen molar-refractivity contribution < 1.29 is 19.1 Å². The highest BCUT2D eigenvalue weighted by atomic mass is 16.6. The molecule has 2 unspecified atom stereocenters. The second kappa shape index (κ2) is 9.97. The molecule has 2 aliphatic rings. The Morgan fingerprint density at radius 1 is 0.964 bits per heavy atom. The molecule has 2 saturated heterocycles. The Bertz CT molecular complexity index is 574. The van der Waals surface area contributed by atoms with E-state index in [0.29, 0.717) is 25.6 Å². The van der Waals surface area contributed by atoms with Crippen LogP contribution in [0.5, 0.6) is 0 Å². The maximum Gasteiger partial charge on any atom is 0.410 e. The second-order valence-electron chi connectivity index (χ2n) is 9.36. The number of nitriles is 1. The molecule has 0 saturated carbocycles. The summed E-state index contributed by atoms with van der Waals surface area (Å²) in [5, 5.41) is 8.67. The Morgan fingerprint density at radius 3 is 1.79 bits per heavy atom. The number of amides is 2. The maximum atomic E-state index is 11.6. The van der Waals surface area contributed by atoms with Gasteiger partial charge in [-0.2, -0.15) is 5.26 Å². The molecular weight excluding hydrogens is 360 g/mol. The van der Waals surface area contributed by atoms with Crippen LogP contribution in [0.4, 0.5) is 9.59 Å². The van der Waals surface area contributed by atoms with Gasteiger partial charge in [-0.15, -0.1) is 0 Å². The number of rotatable bonds is 1. The molecule has 0 bridgehead atoms. The molecule has 0 radical (unpaired) electrons. The lowest BCUT2D eigenvalue weighted by molar-refractivity contribution is 0.0279. The highest BCUT2D eigenvalue weighted by Crippen LogP contribution is 2.19. The minimum Gasteiger partial charge on any atom is -0.444 e. The smallest absolute Gasteiger partial charge is 0.410 e. The SMILES string of the molecule is CC(C)(C)OC(=O)N1CCC(C#N)C1.CC(C)(C)OC(=O)N1CCC(CN)C1. The summed E-state index contributed by atoms with van der Waals surface area (Å²) in [5.41, 5.74) is 4.68. The van der Waals surface area contributed by atoms with Gasteiger partial charge in [0.15, 0.2) is 0 Å². The van der Waals surface area contributed by atoms with Crippen molar-refractivity contribution in [3.63, 3.8) is 0 Å². The normalized spacial score (nSPS) is 22.2. The van der Waals surface area contributed by atoms with Gasteiger partial charge in [0.2, 0.25) is 0 Å². The number of nitrogens with two attached hydrogens (primary N) is 1. The monoisotopic (exact) mass is 396 g/mol. The summed E-state index contributed by atoms with van der Waals surface area (Å²) in [6, 6.07) is 2.16. The van der Waals surface area contributed by atoms with E-state index in [1.807, 2.05) is 41.5 Å². The average molecular weight is 397 g/mol. The highest BCUT2D eigenvalue weighted by Gasteiger charge is 2.30. The predicted molar refractivity (Wildman–Crippen MR) is 106 cm³/mol. The largest absolute Gasteiger partial charge is 0.444 e. The molecule has 8 nitrogen and oxygen atoms in total. The molecule has 2 heterocycles. The molecule has 160 valence electrons. The average Bonchev–Trinajstić information content (AvgIpc) is 3.21. The Morgan fingerprint density at radius 2 is 1.43 bits per heavy atom. The van der Waals surface area contributed by atoms with Gasteiger partial charge in [-0.25, -0.2) is 9.59 Å². The summed E-state index contributed by atoms with van der Waals surface area (Å²) in [6.07, 6.45) is 1.23. The first-order valence-electron chi connectivity index (χ1n) is 9.90. The van der Waals surface area contributed by atoms with Crippen molar-refractivity contribution in [2.75, 3.05) is 32.7 Å². The van der Waals surface area contributed by atoms with Crippen molar-refractivity contribution in [2.45, 2.75) is 65.6 Å². The first kappa shape index (κ1) is 24.0. The number of nitrogens with zero attached hydrogens (tertiary/aromatic N) is 3. The number of carbonyl (C=O) groups is 2. The fourth-order valence-electron chi connectivity index (χ4n) is 2.88. The zero-order valence-electron chi connectivity index (χ0n) is 18.2. The van der Waals surface area contributed by atoms with Crippen LogP contribution >= 0.6 is 0 Å². The molecule has 2 N–H and O–H groups in total. The van der Waals surface area contributed by atoms with E-state index in [2.05, 4.69) is 6.07 Å². The number of likely N-dealkylation sites (tertiary alicyclic amines) is 2. The van der Waals surface area contributed by atoms with Gasteiger partial charge in [0.1, 0.15) is 11.2 Å². The van der Waals surface area contributed by atoms with E-state index >= 15 is 0 Å². The third-order valence-electron chi connectivity index (χ3n) is 4.29. The molecule has 2 rings (SSSR count). The van der Waals surface area contributed by atoms with E-state index in [9.17, 15) is 9.59 Å². The van der Waals surface area contributed by atoms with Gasteiger partial charge in [-0.3, -0.25) is 0 Å². The lowest BCUT2D eigenvalue weighted by atomic mass is 10.1. The summed E-state index contributed by atoms with van der Waals surface area (Å²) in [6.45, 7) is 14.4. The van der Waals surface area contributed by atoms with Crippen molar-refractivity contribution in [1.82, 2.24) is 9.80 Å². The Kier molecular flexibility index (Phi) is 8.55. The van der Waals surface area contributed by atoms with E-state index in [1.165, 1.54) is 0 Å². The molecule has 28 heavy (non-hydrogen) atoms. The van der Waals surface area contributed by atoms with Crippen LogP contribution in [0.2, 0.25) is 0 Å². The van der Waals surface area contributed by atoms with Gasteiger partial charge in [-0.05, 0) is 66.8 Å². The van der Waals surface area contributed by atoms with E-state index in [4.69, 9.17) is 20.5 Å². The van der Waals surface area contributed by atoms with Crippen molar-refractivity contribution in [3.05, 3.63) is 0 Å². The Balaban J connectivity index is 0.000000280. The van der Waals surface area contributed by atoms with E-state index in [-0.39, 0.29) is 18.1 Å². The second-order valence-corrected chi connectivity index (χ2v) is 9.36. The fraction of sp³-hybridized carbons (Fsp3) is 0.850. The van der Waals surface area contributed by atoms with Crippen LogP contribution in [0.25, 0.3) is 0 Å². The third kappa shape index (κ3) is 8.79. The quantitative estimate of drug-likeness (QED) is 0.730. The van der Waals surface area contributed by atoms with Crippen molar-refractivity contribution in [1.29, 1.82) is 5.26 Å². The van der Waals surface area contributed by atoms with Crippen LogP contribution in [0, 0.1) is 23.2 Å². The van der Waals surface area contributed by atoms with Crippen LogP contribution in [0.15, 0.2) is 0 Å². The lowest BCUT2D eigenvalue weighted by Crippen LogP contribution is -2.35. The molecule has 0 spiro atoms. The zero-order valence-corrected chi connectivity index (χ0v) is 18.2. The van der Waals surface area contributed by atoms with Gasteiger partial charge in [0.05, 0.1) is 12.0 Å². The molecule has 2 amide bonds. The van der Waals surface area contributed by atoms with Crippen LogP contribution in [0.3, 0.4) is 0 Å². The van der Waals surface area contributed by atoms with Gasteiger partial charge >= 0.3 is 12.2 Å². The van der Waals surface area contributed by atoms with Crippen LogP contribution in [0.1, 0.15) is 54.4 Å². The van der Waals surface area contributed by atoms with Gasteiger partial charge in [0, 0.05) is 26.2 Å². The highest BCUT2D eigenvalue weighted by molar-refractivity contribution is 5.69. The first-order valence-corrected chi connectivity index (χ1v) is 9.90. The minimum atomic E-state index is -0.457. The third-order valence-corrected chi connectivity index (χ3v) is 4.29. The van der Waals surface area contributed by atoms with E-state index in [0.717, 1.165) is 25.9 Å². The van der Waals surface area contributed by atoms with E-state index in [1.54, 1.807) is 9.80 Å². The van der Waals surface area contributed by atoms with Crippen molar-refractivity contribution in [2.24, 2.45) is 17.6 Å². The number of carbonyl (C=O) groups excluding carboxylic acids is 2. The van der Waals surface area contributed by atoms with Gasteiger partial charge in [-0.1, -0.05) is 0 Å². The fourth-order valence-corrected chi connectivity index (χ4v) is 2.88. The van der Waals surface area contributed by atoms with Crippen LogP contribution in [-0.2, 0) is 9.47 Å². The summed E-state index contributed by atoms with van der Waals surface area (Å²) < 4.78 is 10.5.